The summed E-state index contributed by atoms with van der Waals surface area (Å²) in [5.41, 5.74) is 3.83. The van der Waals surface area contributed by atoms with E-state index in [9.17, 15) is 4.79 Å². The molecule has 1 aromatic carbocycles. The van der Waals surface area contributed by atoms with Gasteiger partial charge in [0.25, 0.3) is 5.91 Å². The van der Waals surface area contributed by atoms with Crippen LogP contribution in [-0.4, -0.2) is 30.1 Å². The van der Waals surface area contributed by atoms with E-state index >= 15 is 0 Å². The Morgan fingerprint density at radius 3 is 2.43 bits per heavy atom. The minimum absolute atomic E-state index is 0.0271. The maximum atomic E-state index is 12.1. The smallest absolute Gasteiger partial charge is 0.251 e. The van der Waals surface area contributed by atoms with Gasteiger partial charge in [0.2, 0.25) is 0 Å². The van der Waals surface area contributed by atoms with Crippen LogP contribution in [0.5, 0.6) is 0 Å². The Hall–Kier alpha value is -2.83. The van der Waals surface area contributed by atoms with Crippen molar-refractivity contribution in [1.29, 1.82) is 0 Å². The lowest BCUT2D eigenvalue weighted by Gasteiger charge is -2.12. The molecule has 1 aromatic heterocycles. The van der Waals surface area contributed by atoms with Gasteiger partial charge in [-0.15, -0.1) is 0 Å². The minimum Gasteiger partial charge on any atom is -0.361 e. The van der Waals surface area contributed by atoms with E-state index in [0.717, 1.165) is 60.8 Å². The average molecular weight is 414 g/mol. The number of aryl methyl sites for hydroxylation is 2. The Kier molecular flexibility index (Phi) is 9.91. The number of carbonyl (C=O) groups excluding carboxylic acids is 1. The number of guanidine groups is 1. The van der Waals surface area contributed by atoms with Crippen LogP contribution >= 0.6 is 0 Å². The first kappa shape index (κ1) is 23.4. The molecule has 1 amide bonds. The normalized spacial score (nSPS) is 11.4. The highest BCUT2D eigenvalue weighted by Gasteiger charge is 2.13. The van der Waals surface area contributed by atoms with Gasteiger partial charge in [0.05, 0.1) is 12.2 Å². The van der Waals surface area contributed by atoms with Crippen molar-refractivity contribution < 1.29 is 9.32 Å². The molecule has 164 valence electrons. The molecular weight excluding hydrogens is 378 g/mol. The van der Waals surface area contributed by atoms with E-state index in [1.165, 1.54) is 0 Å². The monoisotopic (exact) mass is 413 g/mol. The van der Waals surface area contributed by atoms with Crippen molar-refractivity contribution in [2.75, 3.05) is 13.1 Å². The van der Waals surface area contributed by atoms with Crippen molar-refractivity contribution in [3.05, 3.63) is 52.4 Å². The van der Waals surface area contributed by atoms with Crippen molar-refractivity contribution in [3.63, 3.8) is 0 Å². The summed E-state index contributed by atoms with van der Waals surface area (Å²) in [5.74, 6) is 1.63. The zero-order chi connectivity index (χ0) is 21.8. The number of benzene rings is 1. The fourth-order valence-electron chi connectivity index (χ4n) is 3.06. The summed E-state index contributed by atoms with van der Waals surface area (Å²) >= 11 is 0. The number of carbonyl (C=O) groups is 1. The third-order valence-corrected chi connectivity index (χ3v) is 4.84. The average Bonchev–Trinajstić information content (AvgIpc) is 3.18. The number of nitrogens with zero attached hydrogens (tertiary/aromatic N) is 2. The van der Waals surface area contributed by atoms with E-state index in [-0.39, 0.29) is 5.91 Å². The van der Waals surface area contributed by atoms with Crippen molar-refractivity contribution in [2.45, 2.75) is 66.5 Å². The number of unbranched alkanes of at least 4 members (excludes halogenated alkanes) is 1. The lowest BCUT2D eigenvalue weighted by Crippen LogP contribution is -2.37. The molecule has 0 fully saturated rings. The number of amides is 1. The second-order valence-electron chi connectivity index (χ2n) is 7.09. The Labute approximate surface area is 179 Å². The van der Waals surface area contributed by atoms with Gasteiger partial charge in [-0.3, -0.25) is 4.79 Å². The highest BCUT2D eigenvalue weighted by atomic mass is 16.5. The maximum Gasteiger partial charge on any atom is 0.251 e. The molecule has 1 heterocycles. The molecule has 0 saturated heterocycles. The lowest BCUT2D eigenvalue weighted by molar-refractivity contribution is 0.0953. The lowest BCUT2D eigenvalue weighted by atomic mass is 10.1. The van der Waals surface area contributed by atoms with E-state index in [1.54, 1.807) is 0 Å². The zero-order valence-corrected chi connectivity index (χ0v) is 18.7. The topological polar surface area (TPSA) is 91.5 Å². The molecule has 0 unspecified atom stereocenters. The van der Waals surface area contributed by atoms with Crippen LogP contribution in [0.1, 0.15) is 73.5 Å². The third kappa shape index (κ3) is 6.90. The first-order chi connectivity index (χ1) is 14.6. The van der Waals surface area contributed by atoms with Crippen molar-refractivity contribution in [3.8, 4) is 0 Å². The van der Waals surface area contributed by atoms with Crippen molar-refractivity contribution in [2.24, 2.45) is 4.99 Å². The van der Waals surface area contributed by atoms with Gasteiger partial charge in [-0.25, -0.2) is 4.99 Å². The van der Waals surface area contributed by atoms with Gasteiger partial charge in [-0.05, 0) is 37.5 Å². The minimum atomic E-state index is -0.0271. The van der Waals surface area contributed by atoms with Crippen molar-refractivity contribution in [1.82, 2.24) is 21.1 Å². The van der Waals surface area contributed by atoms with Gasteiger partial charge in [0.15, 0.2) is 5.96 Å². The van der Waals surface area contributed by atoms with E-state index < -0.39 is 0 Å². The molecule has 7 nitrogen and oxygen atoms in total. The Morgan fingerprint density at radius 2 is 1.80 bits per heavy atom. The standard InChI is InChI=1S/C23H35N5O2/c1-5-9-14-25-22(29)18-12-10-17(11-13-18)15-26-23(24-8-4)27-16-19-20(6-2)28-30-21(19)7-3/h10-13H,5-9,14-16H2,1-4H3,(H,25,29)(H2,24,26,27). The molecule has 0 saturated carbocycles. The molecule has 2 aromatic rings. The van der Waals surface area contributed by atoms with Crippen LogP contribution in [0.2, 0.25) is 0 Å². The van der Waals surface area contributed by atoms with Crippen LogP contribution < -0.4 is 16.0 Å². The van der Waals surface area contributed by atoms with Crippen LogP contribution in [0.25, 0.3) is 0 Å². The van der Waals surface area contributed by atoms with Crippen LogP contribution in [0.4, 0.5) is 0 Å². The van der Waals surface area contributed by atoms with Crippen LogP contribution in [0.15, 0.2) is 33.8 Å². The quantitative estimate of drug-likeness (QED) is 0.297. The van der Waals surface area contributed by atoms with Gasteiger partial charge in [-0.1, -0.05) is 44.5 Å². The SMILES string of the molecule is CCCCNC(=O)c1ccc(CN=C(NCC)NCc2c(CC)noc2CC)cc1. The predicted molar refractivity (Wildman–Crippen MR) is 121 cm³/mol. The number of aromatic nitrogens is 1. The summed E-state index contributed by atoms with van der Waals surface area (Å²) in [4.78, 5) is 16.8. The summed E-state index contributed by atoms with van der Waals surface area (Å²) in [5, 5.41) is 13.7. The molecular formula is C23H35N5O2. The molecule has 0 spiro atoms. The Morgan fingerprint density at radius 1 is 1.03 bits per heavy atom. The molecule has 30 heavy (non-hydrogen) atoms. The van der Waals surface area contributed by atoms with Crippen LogP contribution in [-0.2, 0) is 25.9 Å². The van der Waals surface area contributed by atoms with E-state index in [4.69, 9.17) is 4.52 Å². The highest BCUT2D eigenvalue weighted by Crippen LogP contribution is 2.15. The molecule has 0 atom stereocenters. The van der Waals surface area contributed by atoms with Gasteiger partial charge >= 0.3 is 0 Å². The second-order valence-corrected chi connectivity index (χ2v) is 7.09. The molecule has 3 N–H and O–H groups in total. The maximum absolute atomic E-state index is 12.1. The molecule has 7 heteroatoms. The predicted octanol–water partition coefficient (Wildman–Crippen LogP) is 3.58. The van der Waals surface area contributed by atoms with E-state index in [1.807, 2.05) is 31.2 Å². The molecule has 2 rings (SSSR count). The molecule has 0 radical (unpaired) electrons. The molecule has 0 aliphatic rings. The number of hydrogen-bond acceptors (Lipinski definition) is 4. The summed E-state index contributed by atoms with van der Waals surface area (Å²) < 4.78 is 5.44. The van der Waals surface area contributed by atoms with Crippen LogP contribution in [0, 0.1) is 0 Å². The van der Waals surface area contributed by atoms with Gasteiger partial charge in [0.1, 0.15) is 5.76 Å². The second kappa shape index (κ2) is 12.7. The Balaban J connectivity index is 1.97. The molecule has 0 aliphatic carbocycles. The zero-order valence-electron chi connectivity index (χ0n) is 18.7. The fraction of sp³-hybridized carbons (Fsp3) is 0.522. The summed E-state index contributed by atoms with van der Waals surface area (Å²) in [6.45, 7) is 10.9. The van der Waals surface area contributed by atoms with E-state index in [2.05, 4.69) is 46.9 Å². The van der Waals surface area contributed by atoms with Gasteiger partial charge < -0.3 is 20.5 Å². The molecule has 0 bridgehead atoms. The van der Waals surface area contributed by atoms with Crippen molar-refractivity contribution >= 4 is 11.9 Å². The number of aliphatic imine (C=N–C) groups is 1. The number of hydrogen-bond donors (Lipinski definition) is 3. The van der Waals surface area contributed by atoms with E-state index in [0.29, 0.717) is 25.2 Å². The number of rotatable bonds is 11. The number of nitrogens with one attached hydrogen (secondary N) is 3. The first-order valence-corrected chi connectivity index (χ1v) is 11.0. The highest BCUT2D eigenvalue weighted by molar-refractivity contribution is 5.94. The first-order valence-electron chi connectivity index (χ1n) is 11.0. The molecule has 0 aliphatic heterocycles. The fourth-order valence-corrected chi connectivity index (χ4v) is 3.06. The third-order valence-electron chi connectivity index (χ3n) is 4.84. The Bertz CT molecular complexity index is 790. The largest absolute Gasteiger partial charge is 0.361 e. The summed E-state index contributed by atoms with van der Waals surface area (Å²) in [7, 11) is 0. The summed E-state index contributed by atoms with van der Waals surface area (Å²) in [6, 6.07) is 7.60. The van der Waals surface area contributed by atoms with Crippen LogP contribution in [0.3, 0.4) is 0 Å². The summed E-state index contributed by atoms with van der Waals surface area (Å²) in [6.07, 6.45) is 3.71. The van der Waals surface area contributed by atoms with Gasteiger partial charge in [0, 0.05) is 37.2 Å². The van der Waals surface area contributed by atoms with Gasteiger partial charge in [-0.2, -0.15) is 0 Å².